The van der Waals surface area contributed by atoms with E-state index in [9.17, 15) is 0 Å². The second-order valence-corrected chi connectivity index (χ2v) is 6.67. The van der Waals surface area contributed by atoms with Gasteiger partial charge in [0.25, 0.3) is 0 Å². The topological polar surface area (TPSA) is 86.1 Å². The number of hydrogen-bond donors (Lipinski definition) is 2. The second-order valence-electron chi connectivity index (χ2n) is 6.67. The molecule has 0 saturated carbocycles. The van der Waals surface area contributed by atoms with E-state index in [1.54, 1.807) is 6.26 Å². The summed E-state index contributed by atoms with van der Waals surface area (Å²) in [5.74, 6) is 3.74. The standard InChI is InChI=1S/C19H23N7O/c1-14-12-18(24-23-14)21-17-13-19(26-9-7-25(2)8-10-26)22-16(20-17)6-5-15-4-3-11-27-15/h3-6,11-13H,7-10H2,1-2H3,(H2,20,21,22,23,24)/b6-5+. The van der Waals surface area contributed by atoms with Gasteiger partial charge in [-0.2, -0.15) is 5.10 Å². The predicted octanol–water partition coefficient (Wildman–Crippen LogP) is 2.77. The number of likely N-dealkylation sites (N-methyl/N-ethyl adjacent to an activating group) is 1. The highest BCUT2D eigenvalue weighted by atomic mass is 16.3. The highest BCUT2D eigenvalue weighted by Crippen LogP contribution is 2.21. The van der Waals surface area contributed by atoms with Gasteiger partial charge in [0, 0.05) is 44.0 Å². The SMILES string of the molecule is Cc1cc(Nc2cc(N3CCN(C)CC3)nc(/C=C/c3ccco3)n2)n[nH]1. The van der Waals surface area contributed by atoms with Gasteiger partial charge in [-0.25, -0.2) is 9.97 Å². The van der Waals surface area contributed by atoms with E-state index in [-0.39, 0.29) is 0 Å². The van der Waals surface area contributed by atoms with Crippen LogP contribution in [0.3, 0.4) is 0 Å². The molecular weight excluding hydrogens is 342 g/mol. The molecule has 4 rings (SSSR count). The van der Waals surface area contributed by atoms with Crippen molar-refractivity contribution in [3.05, 3.63) is 47.8 Å². The van der Waals surface area contributed by atoms with E-state index in [0.717, 1.165) is 49.3 Å². The molecule has 0 bridgehead atoms. The number of H-pyrrole nitrogens is 1. The Hall–Kier alpha value is -3.13. The van der Waals surface area contributed by atoms with Crippen molar-refractivity contribution < 1.29 is 4.42 Å². The van der Waals surface area contributed by atoms with Crippen LogP contribution in [0.15, 0.2) is 34.9 Å². The van der Waals surface area contributed by atoms with Crippen LogP contribution >= 0.6 is 0 Å². The number of aromatic amines is 1. The first-order chi connectivity index (χ1) is 13.2. The molecule has 0 atom stereocenters. The van der Waals surface area contributed by atoms with E-state index >= 15 is 0 Å². The lowest BCUT2D eigenvalue weighted by Crippen LogP contribution is -2.44. The van der Waals surface area contributed by atoms with Gasteiger partial charge >= 0.3 is 0 Å². The van der Waals surface area contributed by atoms with Crippen LogP contribution < -0.4 is 10.2 Å². The average molecular weight is 365 g/mol. The fraction of sp³-hybridized carbons (Fsp3) is 0.316. The van der Waals surface area contributed by atoms with Gasteiger partial charge in [0.1, 0.15) is 17.4 Å². The summed E-state index contributed by atoms with van der Waals surface area (Å²) in [7, 11) is 2.14. The normalized spacial score (nSPS) is 15.6. The molecule has 2 N–H and O–H groups in total. The van der Waals surface area contributed by atoms with Crippen molar-refractivity contribution in [1.82, 2.24) is 25.1 Å². The van der Waals surface area contributed by atoms with Gasteiger partial charge in [0.15, 0.2) is 11.6 Å². The molecule has 1 aliphatic heterocycles. The van der Waals surface area contributed by atoms with Crippen LogP contribution in [0.4, 0.5) is 17.5 Å². The van der Waals surface area contributed by atoms with Crippen molar-refractivity contribution in [2.45, 2.75) is 6.92 Å². The lowest BCUT2D eigenvalue weighted by molar-refractivity contribution is 0.312. The van der Waals surface area contributed by atoms with Crippen LogP contribution in [0, 0.1) is 6.92 Å². The second kappa shape index (κ2) is 7.63. The molecule has 0 aliphatic carbocycles. The van der Waals surface area contributed by atoms with Crippen molar-refractivity contribution >= 4 is 29.6 Å². The summed E-state index contributed by atoms with van der Waals surface area (Å²) in [4.78, 5) is 13.9. The van der Waals surface area contributed by atoms with Crippen LogP contribution in [-0.2, 0) is 0 Å². The van der Waals surface area contributed by atoms with E-state index in [1.807, 2.05) is 43.3 Å². The summed E-state index contributed by atoms with van der Waals surface area (Å²) < 4.78 is 5.35. The maximum atomic E-state index is 5.35. The molecule has 27 heavy (non-hydrogen) atoms. The van der Waals surface area contributed by atoms with Crippen LogP contribution in [-0.4, -0.2) is 58.3 Å². The van der Waals surface area contributed by atoms with Gasteiger partial charge in [-0.1, -0.05) is 0 Å². The summed E-state index contributed by atoms with van der Waals surface area (Å²) in [6, 6.07) is 7.66. The Morgan fingerprint density at radius 1 is 1.11 bits per heavy atom. The van der Waals surface area contributed by atoms with Crippen molar-refractivity contribution in [3.8, 4) is 0 Å². The van der Waals surface area contributed by atoms with Crippen molar-refractivity contribution in [2.75, 3.05) is 43.4 Å². The van der Waals surface area contributed by atoms with Crippen LogP contribution in [0.5, 0.6) is 0 Å². The minimum atomic E-state index is 0.623. The summed E-state index contributed by atoms with van der Waals surface area (Å²) in [5, 5.41) is 10.4. The number of hydrogen-bond acceptors (Lipinski definition) is 7. The van der Waals surface area contributed by atoms with Crippen molar-refractivity contribution in [2.24, 2.45) is 0 Å². The summed E-state index contributed by atoms with van der Waals surface area (Å²) in [5.41, 5.74) is 0.990. The summed E-state index contributed by atoms with van der Waals surface area (Å²) in [6.07, 6.45) is 5.37. The number of aromatic nitrogens is 4. The summed E-state index contributed by atoms with van der Waals surface area (Å²) >= 11 is 0. The molecule has 3 aromatic heterocycles. The van der Waals surface area contributed by atoms with E-state index in [4.69, 9.17) is 9.40 Å². The minimum Gasteiger partial charge on any atom is -0.465 e. The Bertz CT molecular complexity index is 908. The molecule has 0 aromatic carbocycles. The molecule has 3 aromatic rings. The number of rotatable bonds is 5. The monoisotopic (exact) mass is 365 g/mol. The Kier molecular flexibility index (Phi) is 4.88. The third kappa shape index (κ3) is 4.35. The van der Waals surface area contributed by atoms with Gasteiger partial charge in [-0.05, 0) is 38.3 Å². The highest BCUT2D eigenvalue weighted by Gasteiger charge is 2.17. The smallest absolute Gasteiger partial charge is 0.156 e. The molecule has 1 saturated heterocycles. The molecule has 0 radical (unpaired) electrons. The number of anilines is 3. The number of furan rings is 1. The van der Waals surface area contributed by atoms with Gasteiger partial charge < -0.3 is 19.5 Å². The van der Waals surface area contributed by atoms with Gasteiger partial charge in [-0.3, -0.25) is 5.10 Å². The number of nitrogens with one attached hydrogen (secondary N) is 2. The largest absolute Gasteiger partial charge is 0.465 e. The Labute approximate surface area is 157 Å². The van der Waals surface area contributed by atoms with Crippen molar-refractivity contribution in [3.63, 3.8) is 0 Å². The number of aryl methyl sites for hydroxylation is 1. The van der Waals surface area contributed by atoms with E-state index in [0.29, 0.717) is 11.6 Å². The first kappa shape index (κ1) is 17.3. The van der Waals surface area contributed by atoms with E-state index < -0.39 is 0 Å². The lowest BCUT2D eigenvalue weighted by Gasteiger charge is -2.33. The molecule has 0 spiro atoms. The van der Waals surface area contributed by atoms with Crippen molar-refractivity contribution in [1.29, 1.82) is 0 Å². The molecule has 1 aliphatic rings. The predicted molar refractivity (Wildman–Crippen MR) is 106 cm³/mol. The number of piperazine rings is 1. The quantitative estimate of drug-likeness (QED) is 0.719. The first-order valence-corrected chi connectivity index (χ1v) is 8.99. The Balaban J connectivity index is 1.62. The molecule has 1 fully saturated rings. The maximum absolute atomic E-state index is 5.35. The zero-order valence-corrected chi connectivity index (χ0v) is 15.5. The third-order valence-corrected chi connectivity index (χ3v) is 4.46. The van der Waals surface area contributed by atoms with Gasteiger partial charge in [0.05, 0.1) is 6.26 Å². The lowest BCUT2D eigenvalue weighted by atomic mass is 10.3. The zero-order valence-electron chi connectivity index (χ0n) is 15.5. The van der Waals surface area contributed by atoms with Gasteiger partial charge in [0.2, 0.25) is 0 Å². The van der Waals surface area contributed by atoms with Gasteiger partial charge in [-0.15, -0.1) is 0 Å². The third-order valence-electron chi connectivity index (χ3n) is 4.46. The summed E-state index contributed by atoms with van der Waals surface area (Å²) in [6.45, 7) is 5.88. The fourth-order valence-corrected chi connectivity index (χ4v) is 2.94. The Morgan fingerprint density at radius 2 is 1.96 bits per heavy atom. The minimum absolute atomic E-state index is 0.623. The highest BCUT2D eigenvalue weighted by molar-refractivity contribution is 5.67. The van der Waals surface area contributed by atoms with E-state index in [1.165, 1.54) is 0 Å². The van der Waals surface area contributed by atoms with Crippen LogP contribution in [0.1, 0.15) is 17.3 Å². The molecule has 0 amide bonds. The molecule has 8 nitrogen and oxygen atoms in total. The van der Waals surface area contributed by atoms with Crippen LogP contribution in [0.25, 0.3) is 12.2 Å². The first-order valence-electron chi connectivity index (χ1n) is 8.99. The molecule has 140 valence electrons. The fourth-order valence-electron chi connectivity index (χ4n) is 2.94. The molecule has 8 heteroatoms. The number of nitrogens with zero attached hydrogens (tertiary/aromatic N) is 5. The molecule has 4 heterocycles. The zero-order chi connectivity index (χ0) is 18.6. The molecular formula is C19H23N7O. The maximum Gasteiger partial charge on any atom is 0.156 e. The van der Waals surface area contributed by atoms with E-state index in [2.05, 4.69) is 37.3 Å². The Morgan fingerprint density at radius 3 is 2.67 bits per heavy atom. The average Bonchev–Trinajstić information content (AvgIpc) is 3.32. The van der Waals surface area contributed by atoms with Crippen LogP contribution in [0.2, 0.25) is 0 Å². The molecule has 0 unspecified atom stereocenters.